The summed E-state index contributed by atoms with van der Waals surface area (Å²) in [6.07, 6.45) is 1.83. The summed E-state index contributed by atoms with van der Waals surface area (Å²) in [5, 5.41) is 3.22. The zero-order valence-electron chi connectivity index (χ0n) is 11.1. The minimum absolute atomic E-state index is 0.353. The van der Waals surface area contributed by atoms with Gasteiger partial charge in [-0.2, -0.15) is 0 Å². The van der Waals surface area contributed by atoms with E-state index in [4.69, 9.17) is 9.47 Å². The van der Waals surface area contributed by atoms with Crippen LogP contribution in [0.3, 0.4) is 0 Å². The Morgan fingerprint density at radius 1 is 1.16 bits per heavy atom. The van der Waals surface area contributed by atoms with Crippen LogP contribution in [-0.4, -0.2) is 19.2 Å². The fourth-order valence-electron chi connectivity index (χ4n) is 2.67. The van der Waals surface area contributed by atoms with Gasteiger partial charge in [-0.1, -0.05) is 24.3 Å². The third kappa shape index (κ3) is 2.43. The molecule has 0 N–H and O–H groups in total. The number of aromatic nitrogens is 1. The molecule has 1 aliphatic carbocycles. The molecule has 3 nitrogen and oxygen atoms in total. The highest BCUT2D eigenvalue weighted by Gasteiger charge is 2.25. The van der Waals surface area contributed by atoms with E-state index in [1.54, 1.807) is 25.6 Å². The van der Waals surface area contributed by atoms with Crippen LogP contribution < -0.4 is 0 Å². The van der Waals surface area contributed by atoms with Gasteiger partial charge in [0.2, 0.25) is 6.29 Å². The number of methoxy groups -OCH3 is 2. The number of fused-ring (bicyclic) bond motifs is 1. The molecule has 1 aliphatic rings. The van der Waals surface area contributed by atoms with E-state index in [2.05, 4.69) is 29.2 Å². The van der Waals surface area contributed by atoms with Gasteiger partial charge in [0.1, 0.15) is 5.69 Å². The standard InChI is InChI=1S/C15H17NO2S/c1-17-15(18-2)13-9-19-14(16-13)12-7-10-5-3-4-6-11(10)8-12/h3-6,9,12,15H,7-8H2,1-2H3. The molecule has 1 heterocycles. The lowest BCUT2D eigenvalue weighted by Gasteiger charge is -2.10. The predicted molar refractivity (Wildman–Crippen MR) is 75.5 cm³/mol. The number of ether oxygens (including phenoxy) is 2. The minimum Gasteiger partial charge on any atom is -0.350 e. The summed E-state index contributed by atoms with van der Waals surface area (Å²) in [5.41, 5.74) is 3.79. The number of thiazole rings is 1. The maximum atomic E-state index is 5.25. The van der Waals surface area contributed by atoms with Crippen molar-refractivity contribution in [3.8, 4) is 0 Å². The maximum Gasteiger partial charge on any atom is 0.201 e. The van der Waals surface area contributed by atoms with Crippen LogP contribution in [0.5, 0.6) is 0 Å². The quantitative estimate of drug-likeness (QED) is 0.802. The fraction of sp³-hybridized carbons (Fsp3) is 0.400. The molecule has 1 aromatic heterocycles. The summed E-state index contributed by atoms with van der Waals surface area (Å²) in [4.78, 5) is 4.69. The molecule has 0 spiro atoms. The Morgan fingerprint density at radius 3 is 2.37 bits per heavy atom. The molecule has 1 aromatic carbocycles. The van der Waals surface area contributed by atoms with E-state index in [-0.39, 0.29) is 6.29 Å². The molecule has 3 rings (SSSR count). The molecule has 0 atom stereocenters. The van der Waals surface area contributed by atoms with E-state index in [9.17, 15) is 0 Å². The van der Waals surface area contributed by atoms with Crippen molar-refractivity contribution in [1.82, 2.24) is 4.98 Å². The Kier molecular flexibility index (Phi) is 3.64. The molecule has 4 heteroatoms. The van der Waals surface area contributed by atoms with Gasteiger partial charge in [-0.3, -0.25) is 0 Å². The fourth-order valence-corrected chi connectivity index (χ4v) is 3.59. The van der Waals surface area contributed by atoms with Crippen molar-refractivity contribution in [2.24, 2.45) is 0 Å². The Labute approximate surface area is 117 Å². The van der Waals surface area contributed by atoms with Gasteiger partial charge in [0, 0.05) is 25.5 Å². The van der Waals surface area contributed by atoms with Crippen molar-refractivity contribution in [2.45, 2.75) is 25.0 Å². The van der Waals surface area contributed by atoms with Crippen LogP contribution in [0.25, 0.3) is 0 Å². The van der Waals surface area contributed by atoms with Gasteiger partial charge in [-0.05, 0) is 24.0 Å². The third-order valence-corrected chi connectivity index (χ3v) is 4.64. The molecule has 0 aliphatic heterocycles. The number of hydrogen-bond donors (Lipinski definition) is 0. The van der Waals surface area contributed by atoms with Gasteiger partial charge in [0.25, 0.3) is 0 Å². The monoisotopic (exact) mass is 275 g/mol. The van der Waals surface area contributed by atoms with E-state index < -0.39 is 0 Å². The van der Waals surface area contributed by atoms with Crippen LogP contribution in [0, 0.1) is 0 Å². The summed E-state index contributed by atoms with van der Waals surface area (Å²) < 4.78 is 10.5. The van der Waals surface area contributed by atoms with Crippen LogP contribution >= 0.6 is 11.3 Å². The largest absolute Gasteiger partial charge is 0.350 e. The molecular formula is C15H17NO2S. The van der Waals surface area contributed by atoms with E-state index >= 15 is 0 Å². The molecule has 0 fully saturated rings. The van der Waals surface area contributed by atoms with Crippen LogP contribution in [0.15, 0.2) is 29.6 Å². The topological polar surface area (TPSA) is 31.4 Å². The van der Waals surface area contributed by atoms with E-state index in [1.807, 2.05) is 5.38 Å². The summed E-state index contributed by atoms with van der Waals surface area (Å²) in [7, 11) is 3.28. The summed E-state index contributed by atoms with van der Waals surface area (Å²) in [6, 6.07) is 8.66. The van der Waals surface area contributed by atoms with Gasteiger partial charge in [-0.25, -0.2) is 4.98 Å². The second-order valence-corrected chi connectivity index (χ2v) is 5.68. The van der Waals surface area contributed by atoms with Crippen molar-refractivity contribution < 1.29 is 9.47 Å². The summed E-state index contributed by atoms with van der Waals surface area (Å²) in [5.74, 6) is 0.505. The lowest BCUT2D eigenvalue weighted by molar-refractivity contribution is -0.108. The van der Waals surface area contributed by atoms with E-state index in [1.165, 1.54) is 16.1 Å². The summed E-state index contributed by atoms with van der Waals surface area (Å²) >= 11 is 1.71. The van der Waals surface area contributed by atoms with Crippen LogP contribution in [0.2, 0.25) is 0 Å². The normalized spacial score (nSPS) is 15.1. The van der Waals surface area contributed by atoms with Crippen molar-refractivity contribution in [3.05, 3.63) is 51.5 Å². The zero-order valence-corrected chi connectivity index (χ0v) is 11.9. The summed E-state index contributed by atoms with van der Waals surface area (Å²) in [6.45, 7) is 0. The van der Waals surface area contributed by atoms with Crippen LogP contribution in [0.1, 0.15) is 34.0 Å². The number of benzene rings is 1. The van der Waals surface area contributed by atoms with Gasteiger partial charge in [0.05, 0.1) is 5.01 Å². The van der Waals surface area contributed by atoms with Gasteiger partial charge in [0.15, 0.2) is 0 Å². The molecule has 100 valence electrons. The van der Waals surface area contributed by atoms with Gasteiger partial charge in [-0.15, -0.1) is 11.3 Å². The predicted octanol–water partition coefficient (Wildman–Crippen LogP) is 3.32. The Hall–Kier alpha value is -1.23. The molecular weight excluding hydrogens is 258 g/mol. The smallest absolute Gasteiger partial charge is 0.201 e. The molecule has 2 aromatic rings. The average molecular weight is 275 g/mol. The first kappa shape index (κ1) is 12.8. The van der Waals surface area contributed by atoms with Crippen LogP contribution in [0.4, 0.5) is 0 Å². The number of nitrogens with zero attached hydrogens (tertiary/aromatic N) is 1. The minimum atomic E-state index is -0.353. The highest BCUT2D eigenvalue weighted by atomic mass is 32.1. The number of rotatable bonds is 4. The van der Waals surface area contributed by atoms with Crippen molar-refractivity contribution >= 4 is 11.3 Å². The van der Waals surface area contributed by atoms with E-state index in [0.717, 1.165) is 18.5 Å². The second-order valence-electron chi connectivity index (χ2n) is 4.79. The van der Waals surface area contributed by atoms with Crippen molar-refractivity contribution in [2.75, 3.05) is 14.2 Å². The van der Waals surface area contributed by atoms with Gasteiger partial charge >= 0.3 is 0 Å². The lowest BCUT2D eigenvalue weighted by atomic mass is 10.1. The second kappa shape index (κ2) is 5.41. The lowest BCUT2D eigenvalue weighted by Crippen LogP contribution is -2.05. The molecule has 0 bridgehead atoms. The molecule has 0 amide bonds. The average Bonchev–Trinajstić information content (AvgIpc) is 3.06. The molecule has 0 saturated heterocycles. The molecule has 0 saturated carbocycles. The van der Waals surface area contributed by atoms with Crippen molar-refractivity contribution in [3.63, 3.8) is 0 Å². The number of hydrogen-bond acceptors (Lipinski definition) is 4. The van der Waals surface area contributed by atoms with Gasteiger partial charge < -0.3 is 9.47 Å². The molecule has 0 unspecified atom stereocenters. The van der Waals surface area contributed by atoms with Crippen LogP contribution in [-0.2, 0) is 22.3 Å². The molecule has 0 radical (unpaired) electrons. The first-order valence-corrected chi connectivity index (χ1v) is 7.27. The van der Waals surface area contributed by atoms with Crippen molar-refractivity contribution in [1.29, 1.82) is 0 Å². The SMILES string of the molecule is COC(OC)c1csc(C2Cc3ccccc3C2)n1. The zero-order chi connectivity index (χ0) is 13.2. The Bertz CT molecular complexity index is 538. The highest BCUT2D eigenvalue weighted by molar-refractivity contribution is 7.09. The molecule has 19 heavy (non-hydrogen) atoms. The van der Waals surface area contributed by atoms with E-state index in [0.29, 0.717) is 5.92 Å². The Balaban J connectivity index is 1.79. The highest BCUT2D eigenvalue weighted by Crippen LogP contribution is 2.36. The maximum absolute atomic E-state index is 5.25. The first-order valence-electron chi connectivity index (χ1n) is 6.39. The Morgan fingerprint density at radius 2 is 1.79 bits per heavy atom. The third-order valence-electron chi connectivity index (χ3n) is 3.61. The first-order chi connectivity index (χ1) is 9.31.